The van der Waals surface area contributed by atoms with Crippen LogP contribution in [0.3, 0.4) is 0 Å². The normalized spacial score (nSPS) is 12.4. The van der Waals surface area contributed by atoms with Crippen LogP contribution in [0, 0.1) is 0 Å². The van der Waals surface area contributed by atoms with Crippen LogP contribution in [-0.2, 0) is 4.79 Å². The van der Waals surface area contributed by atoms with Crippen LogP contribution in [-0.4, -0.2) is 38.8 Å². The van der Waals surface area contributed by atoms with Gasteiger partial charge in [-0.1, -0.05) is 48.2 Å². The van der Waals surface area contributed by atoms with Crippen molar-refractivity contribution in [3.63, 3.8) is 0 Å². The van der Waals surface area contributed by atoms with Gasteiger partial charge in [0.15, 0.2) is 22.9 Å². The van der Waals surface area contributed by atoms with Gasteiger partial charge in [-0.3, -0.25) is 14.2 Å². The summed E-state index contributed by atoms with van der Waals surface area (Å²) in [6.45, 7) is 5.19. The van der Waals surface area contributed by atoms with E-state index in [2.05, 4.69) is 15.5 Å². The van der Waals surface area contributed by atoms with Gasteiger partial charge < -0.3 is 14.8 Å². The SMILES string of the molecule is COc1cccc(OC(C)c2nnc(SC(C)C(=O)Nc3cccc(C(C)=O)c3)n2-c2ccccc2)c1. The highest BCUT2D eigenvalue weighted by atomic mass is 32.2. The lowest BCUT2D eigenvalue weighted by atomic mass is 10.1. The number of Topliss-reactive ketones (excluding diaryl/α,β-unsaturated/α-hetero) is 1. The molecule has 0 radical (unpaired) electrons. The molecule has 0 aliphatic carbocycles. The number of benzene rings is 3. The Morgan fingerprint density at radius 3 is 2.38 bits per heavy atom. The molecule has 2 atom stereocenters. The Morgan fingerprint density at radius 1 is 0.919 bits per heavy atom. The highest BCUT2D eigenvalue weighted by molar-refractivity contribution is 8.00. The van der Waals surface area contributed by atoms with E-state index in [4.69, 9.17) is 9.47 Å². The van der Waals surface area contributed by atoms with Gasteiger partial charge in [-0.25, -0.2) is 0 Å². The van der Waals surface area contributed by atoms with Gasteiger partial charge in [0.1, 0.15) is 11.5 Å². The molecule has 8 nitrogen and oxygen atoms in total. The van der Waals surface area contributed by atoms with Crippen LogP contribution < -0.4 is 14.8 Å². The van der Waals surface area contributed by atoms with Crippen LogP contribution >= 0.6 is 11.8 Å². The predicted molar refractivity (Wildman–Crippen MR) is 144 cm³/mol. The maximum atomic E-state index is 13.0. The Hall–Kier alpha value is -4.11. The number of ketones is 1. The summed E-state index contributed by atoms with van der Waals surface area (Å²) < 4.78 is 13.4. The second-order valence-corrected chi connectivity index (χ2v) is 9.65. The highest BCUT2D eigenvalue weighted by Crippen LogP contribution is 2.31. The summed E-state index contributed by atoms with van der Waals surface area (Å²) >= 11 is 1.29. The fourth-order valence-electron chi connectivity index (χ4n) is 3.64. The van der Waals surface area contributed by atoms with Crippen LogP contribution in [0.15, 0.2) is 84.0 Å². The molecule has 1 amide bonds. The predicted octanol–water partition coefficient (Wildman–Crippen LogP) is 5.74. The number of hydrogen-bond acceptors (Lipinski definition) is 7. The van der Waals surface area contributed by atoms with Gasteiger partial charge in [-0.05, 0) is 57.2 Å². The summed E-state index contributed by atoms with van der Waals surface area (Å²) in [4.78, 5) is 24.7. The van der Waals surface area contributed by atoms with Crippen LogP contribution in [0.4, 0.5) is 5.69 Å². The number of hydrogen-bond donors (Lipinski definition) is 1. The van der Waals surface area contributed by atoms with Gasteiger partial charge in [0.2, 0.25) is 5.91 Å². The lowest BCUT2D eigenvalue weighted by Crippen LogP contribution is -2.23. The average Bonchev–Trinajstić information content (AvgIpc) is 3.33. The first-order chi connectivity index (χ1) is 17.9. The van der Waals surface area contributed by atoms with Crippen LogP contribution in [0.25, 0.3) is 5.69 Å². The van der Waals surface area contributed by atoms with Gasteiger partial charge in [0, 0.05) is 23.0 Å². The molecular formula is C28H28N4O4S. The molecule has 1 N–H and O–H groups in total. The third kappa shape index (κ3) is 6.37. The minimum absolute atomic E-state index is 0.0627. The summed E-state index contributed by atoms with van der Waals surface area (Å²) in [5.74, 6) is 1.66. The molecule has 9 heteroatoms. The van der Waals surface area contributed by atoms with Crippen molar-refractivity contribution in [1.82, 2.24) is 14.8 Å². The Balaban J connectivity index is 1.57. The van der Waals surface area contributed by atoms with Crippen molar-refractivity contribution in [2.24, 2.45) is 0 Å². The second-order valence-electron chi connectivity index (χ2n) is 8.34. The number of para-hydroxylation sites is 1. The molecule has 0 saturated carbocycles. The Kier molecular flexibility index (Phi) is 8.25. The minimum atomic E-state index is -0.491. The summed E-state index contributed by atoms with van der Waals surface area (Å²) in [6, 6.07) is 23.9. The van der Waals surface area contributed by atoms with Crippen molar-refractivity contribution in [3.8, 4) is 17.2 Å². The quantitative estimate of drug-likeness (QED) is 0.212. The molecule has 1 aromatic heterocycles. The zero-order valence-electron chi connectivity index (χ0n) is 21.0. The maximum Gasteiger partial charge on any atom is 0.237 e. The second kappa shape index (κ2) is 11.7. The van der Waals surface area contributed by atoms with Crippen LogP contribution in [0.2, 0.25) is 0 Å². The zero-order chi connectivity index (χ0) is 26.4. The number of methoxy groups -OCH3 is 1. The molecule has 0 saturated heterocycles. The molecule has 2 unspecified atom stereocenters. The fourth-order valence-corrected chi connectivity index (χ4v) is 4.52. The summed E-state index contributed by atoms with van der Waals surface area (Å²) in [5, 5.41) is 11.8. The van der Waals surface area contributed by atoms with Crippen molar-refractivity contribution in [2.75, 3.05) is 12.4 Å². The summed E-state index contributed by atoms with van der Waals surface area (Å²) in [7, 11) is 1.61. The number of carbonyl (C=O) groups excluding carboxylic acids is 2. The molecule has 190 valence electrons. The number of amides is 1. The maximum absolute atomic E-state index is 13.0. The number of thioether (sulfide) groups is 1. The number of carbonyl (C=O) groups is 2. The van der Waals surface area contributed by atoms with Crippen molar-refractivity contribution < 1.29 is 19.1 Å². The fraction of sp³-hybridized carbons (Fsp3) is 0.214. The number of rotatable bonds is 10. The topological polar surface area (TPSA) is 95.3 Å². The van der Waals surface area contributed by atoms with E-state index < -0.39 is 11.4 Å². The van der Waals surface area contributed by atoms with Crippen molar-refractivity contribution >= 4 is 29.1 Å². The summed E-state index contributed by atoms with van der Waals surface area (Å²) in [5.41, 5.74) is 1.96. The van der Waals surface area contributed by atoms with Gasteiger partial charge in [-0.2, -0.15) is 0 Å². The smallest absolute Gasteiger partial charge is 0.237 e. The lowest BCUT2D eigenvalue weighted by Gasteiger charge is -2.18. The molecule has 37 heavy (non-hydrogen) atoms. The van der Waals surface area contributed by atoms with E-state index in [9.17, 15) is 9.59 Å². The van der Waals surface area contributed by atoms with Gasteiger partial charge in [0.25, 0.3) is 0 Å². The van der Waals surface area contributed by atoms with E-state index in [1.165, 1.54) is 18.7 Å². The van der Waals surface area contributed by atoms with Crippen molar-refractivity contribution in [2.45, 2.75) is 37.3 Å². The van der Waals surface area contributed by atoms with Crippen molar-refractivity contribution in [1.29, 1.82) is 0 Å². The molecule has 3 aromatic carbocycles. The Morgan fingerprint density at radius 2 is 1.65 bits per heavy atom. The molecule has 0 spiro atoms. The molecule has 4 aromatic rings. The number of nitrogens with zero attached hydrogens (tertiary/aromatic N) is 3. The molecule has 0 aliphatic heterocycles. The zero-order valence-corrected chi connectivity index (χ0v) is 21.9. The first-order valence-electron chi connectivity index (χ1n) is 11.8. The Labute approximate surface area is 220 Å². The van der Waals surface area contributed by atoms with Gasteiger partial charge >= 0.3 is 0 Å². The minimum Gasteiger partial charge on any atom is -0.497 e. The summed E-state index contributed by atoms with van der Waals surface area (Å²) in [6.07, 6.45) is -0.437. The first-order valence-corrected chi connectivity index (χ1v) is 12.6. The van der Waals surface area contributed by atoms with E-state index in [-0.39, 0.29) is 11.7 Å². The molecule has 0 aliphatic rings. The largest absolute Gasteiger partial charge is 0.497 e. The van der Waals surface area contributed by atoms with Crippen LogP contribution in [0.5, 0.6) is 11.5 Å². The van der Waals surface area contributed by atoms with E-state index >= 15 is 0 Å². The van der Waals surface area contributed by atoms with Crippen molar-refractivity contribution in [3.05, 3.63) is 90.3 Å². The van der Waals surface area contributed by atoms with E-state index in [1.807, 2.05) is 66.1 Å². The molecule has 4 rings (SSSR count). The molecule has 1 heterocycles. The molecule has 0 bridgehead atoms. The highest BCUT2D eigenvalue weighted by Gasteiger charge is 2.24. The van der Waals surface area contributed by atoms with Crippen LogP contribution in [0.1, 0.15) is 43.1 Å². The van der Waals surface area contributed by atoms with E-state index in [1.54, 1.807) is 38.3 Å². The molecular weight excluding hydrogens is 488 g/mol. The van der Waals surface area contributed by atoms with Gasteiger partial charge in [0.05, 0.1) is 12.4 Å². The lowest BCUT2D eigenvalue weighted by molar-refractivity contribution is -0.115. The number of aromatic nitrogens is 3. The molecule has 0 fully saturated rings. The van der Waals surface area contributed by atoms with E-state index in [0.717, 1.165) is 5.69 Å². The van der Waals surface area contributed by atoms with Gasteiger partial charge in [-0.15, -0.1) is 10.2 Å². The number of nitrogens with one attached hydrogen (secondary N) is 1. The third-order valence-electron chi connectivity index (χ3n) is 5.58. The number of anilines is 1. The standard InChI is InChI=1S/C28H28N4O4S/c1-18(33)21-10-8-11-22(16-21)29-27(34)20(3)37-28-31-30-26(32(28)23-12-6-5-7-13-23)19(2)36-25-15-9-14-24(17-25)35-4/h5-17,19-20H,1-4H3,(H,29,34). The monoisotopic (exact) mass is 516 g/mol. The average molecular weight is 517 g/mol. The van der Waals surface area contributed by atoms with E-state index in [0.29, 0.717) is 33.7 Å². The first kappa shape index (κ1) is 26.0. The Bertz CT molecular complexity index is 1390. The number of ether oxygens (including phenoxy) is 2. The third-order valence-corrected chi connectivity index (χ3v) is 6.62.